The van der Waals surface area contributed by atoms with Crippen LogP contribution >= 0.6 is 11.8 Å². The van der Waals surface area contributed by atoms with Gasteiger partial charge < -0.3 is 15.0 Å². The van der Waals surface area contributed by atoms with Crippen LogP contribution in [-0.4, -0.2) is 40.3 Å². The lowest BCUT2D eigenvalue weighted by molar-refractivity contribution is 0.186. The quantitative estimate of drug-likeness (QED) is 0.798. The maximum Gasteiger partial charge on any atom is 0.191 e. The van der Waals surface area contributed by atoms with Crippen molar-refractivity contribution < 1.29 is 4.74 Å². The maximum atomic E-state index is 5.90. The van der Waals surface area contributed by atoms with Crippen LogP contribution in [0.25, 0.3) is 0 Å². The fourth-order valence-corrected chi connectivity index (χ4v) is 2.92. The zero-order chi connectivity index (χ0) is 12.1. The molecule has 1 unspecified atom stereocenters. The van der Waals surface area contributed by atoms with Gasteiger partial charge in [-0.1, -0.05) is 18.2 Å². The average Bonchev–Trinajstić information content (AvgIpc) is 2.56. The van der Waals surface area contributed by atoms with Crippen molar-refractivity contribution in [2.24, 2.45) is 5.73 Å². The van der Waals surface area contributed by atoms with Crippen LogP contribution in [0.3, 0.4) is 0 Å². The van der Waals surface area contributed by atoms with Gasteiger partial charge in [0.15, 0.2) is 5.16 Å². The molecule has 0 bridgehead atoms. The van der Waals surface area contributed by atoms with Crippen LogP contribution in [0.5, 0.6) is 0 Å². The van der Waals surface area contributed by atoms with Crippen LogP contribution < -0.4 is 5.73 Å². The normalized spacial score (nSPS) is 17.5. The first kappa shape index (κ1) is 12.9. The van der Waals surface area contributed by atoms with Gasteiger partial charge in [0.05, 0.1) is 6.61 Å². The number of nitrogens with two attached hydrogens (primary N) is 1. The molecule has 0 amide bonds. The van der Waals surface area contributed by atoms with Crippen LogP contribution in [0, 0.1) is 0 Å². The average molecular weight is 256 g/mol. The second-order valence-electron chi connectivity index (χ2n) is 4.39. The third kappa shape index (κ3) is 3.43. The Morgan fingerprint density at radius 3 is 3.12 bits per heavy atom. The van der Waals surface area contributed by atoms with Crippen LogP contribution in [0.15, 0.2) is 5.16 Å². The minimum Gasteiger partial charge on any atom is -0.383 e. The first-order valence-electron chi connectivity index (χ1n) is 6.10. The molecule has 0 saturated heterocycles. The number of hydrogen-bond donors (Lipinski definition) is 1. The number of aromatic nitrogens is 3. The molecule has 1 aliphatic rings. The van der Waals surface area contributed by atoms with Crippen molar-refractivity contribution in [3.8, 4) is 0 Å². The number of rotatable bonds is 5. The molecule has 0 fully saturated rings. The van der Waals surface area contributed by atoms with Crippen molar-refractivity contribution in [3.63, 3.8) is 0 Å². The highest BCUT2D eigenvalue weighted by Crippen LogP contribution is 2.21. The summed E-state index contributed by atoms with van der Waals surface area (Å²) in [6, 6.07) is 0.0590. The summed E-state index contributed by atoms with van der Waals surface area (Å²) in [5.41, 5.74) is 5.90. The molecule has 2 heterocycles. The lowest BCUT2D eigenvalue weighted by Gasteiger charge is -2.10. The lowest BCUT2D eigenvalue weighted by atomic mass is 10.2. The highest BCUT2D eigenvalue weighted by molar-refractivity contribution is 7.99. The van der Waals surface area contributed by atoms with Gasteiger partial charge in [0, 0.05) is 31.9 Å². The monoisotopic (exact) mass is 256 g/mol. The summed E-state index contributed by atoms with van der Waals surface area (Å²) in [6.07, 6.45) is 4.79. The minimum atomic E-state index is 0.0590. The van der Waals surface area contributed by atoms with Gasteiger partial charge in [-0.25, -0.2) is 0 Å². The van der Waals surface area contributed by atoms with E-state index in [4.69, 9.17) is 10.5 Å². The molecule has 2 N–H and O–H groups in total. The zero-order valence-corrected chi connectivity index (χ0v) is 11.1. The number of aryl methyl sites for hydroxylation is 1. The van der Waals surface area contributed by atoms with Crippen LogP contribution in [0.2, 0.25) is 0 Å². The summed E-state index contributed by atoms with van der Waals surface area (Å²) in [5, 5.41) is 9.52. The molecule has 0 spiro atoms. The third-order valence-electron chi connectivity index (χ3n) is 2.88. The molecule has 2 rings (SSSR count). The molecule has 0 radical (unpaired) electrons. The smallest absolute Gasteiger partial charge is 0.191 e. The Kier molecular flexibility index (Phi) is 4.82. The number of hydrogen-bond acceptors (Lipinski definition) is 5. The van der Waals surface area contributed by atoms with Gasteiger partial charge in [-0.05, 0) is 12.8 Å². The summed E-state index contributed by atoms with van der Waals surface area (Å²) in [6.45, 7) is 1.64. The van der Waals surface area contributed by atoms with E-state index < -0.39 is 0 Å². The number of nitrogens with zero attached hydrogens (tertiary/aromatic N) is 3. The topological polar surface area (TPSA) is 66.0 Å². The number of thioether (sulfide) groups is 1. The molecule has 0 aromatic carbocycles. The Labute approximate surface area is 106 Å². The van der Waals surface area contributed by atoms with Gasteiger partial charge in [-0.3, -0.25) is 0 Å². The molecule has 1 aromatic heterocycles. The fraction of sp³-hybridized carbons (Fsp3) is 0.818. The minimum absolute atomic E-state index is 0.0590. The highest BCUT2D eigenvalue weighted by Gasteiger charge is 2.15. The zero-order valence-electron chi connectivity index (χ0n) is 10.3. The molecule has 5 nitrogen and oxygen atoms in total. The highest BCUT2D eigenvalue weighted by atomic mass is 32.2. The van der Waals surface area contributed by atoms with Crippen LogP contribution in [0.1, 0.15) is 25.1 Å². The Morgan fingerprint density at radius 1 is 1.41 bits per heavy atom. The first-order chi connectivity index (χ1) is 8.31. The molecule has 0 aliphatic carbocycles. The standard InChI is InChI=1S/C11H20N4OS/c1-16-7-9(12)8-17-11-14-13-10-5-3-2-4-6-15(10)11/h9H,2-8,12H2,1H3. The molecule has 17 heavy (non-hydrogen) atoms. The first-order valence-corrected chi connectivity index (χ1v) is 7.09. The van der Waals surface area contributed by atoms with Crippen molar-refractivity contribution >= 4 is 11.8 Å². The van der Waals surface area contributed by atoms with E-state index in [-0.39, 0.29) is 6.04 Å². The Morgan fingerprint density at radius 2 is 2.29 bits per heavy atom. The van der Waals surface area contributed by atoms with Crippen LogP contribution in [0.4, 0.5) is 0 Å². The van der Waals surface area contributed by atoms with Gasteiger partial charge in [-0.2, -0.15) is 0 Å². The van der Waals surface area contributed by atoms with Crippen LogP contribution in [-0.2, 0) is 17.7 Å². The number of methoxy groups -OCH3 is 1. The SMILES string of the molecule is COCC(N)CSc1nnc2n1CCCCC2. The van der Waals surface area contributed by atoms with E-state index in [0.29, 0.717) is 6.61 Å². The Bertz CT molecular complexity index is 355. The van der Waals surface area contributed by atoms with Crippen molar-refractivity contribution in [1.29, 1.82) is 0 Å². The largest absolute Gasteiger partial charge is 0.383 e. The summed E-state index contributed by atoms with van der Waals surface area (Å²) < 4.78 is 7.27. The van der Waals surface area contributed by atoms with E-state index in [1.165, 1.54) is 19.3 Å². The summed E-state index contributed by atoms with van der Waals surface area (Å²) in [4.78, 5) is 0. The second kappa shape index (κ2) is 6.37. The fourth-order valence-electron chi connectivity index (χ4n) is 2.01. The van der Waals surface area contributed by atoms with Gasteiger partial charge in [0.1, 0.15) is 5.82 Å². The van der Waals surface area contributed by atoms with Gasteiger partial charge in [-0.15, -0.1) is 10.2 Å². The predicted octanol–water partition coefficient (Wildman–Crippen LogP) is 1.07. The predicted molar refractivity (Wildman–Crippen MR) is 68.2 cm³/mol. The van der Waals surface area contributed by atoms with Crippen molar-refractivity contribution in [1.82, 2.24) is 14.8 Å². The second-order valence-corrected chi connectivity index (χ2v) is 5.37. The van der Waals surface area contributed by atoms with E-state index in [1.54, 1.807) is 18.9 Å². The van der Waals surface area contributed by atoms with Crippen molar-refractivity contribution in [2.45, 2.75) is 43.4 Å². The van der Waals surface area contributed by atoms with Gasteiger partial charge >= 0.3 is 0 Å². The maximum absolute atomic E-state index is 5.90. The molecule has 6 heteroatoms. The molecule has 0 saturated carbocycles. The van der Waals surface area contributed by atoms with Crippen molar-refractivity contribution in [2.75, 3.05) is 19.5 Å². The van der Waals surface area contributed by atoms with Crippen molar-refractivity contribution in [3.05, 3.63) is 5.82 Å². The molecular formula is C11H20N4OS. The Balaban J connectivity index is 1.94. The summed E-state index contributed by atoms with van der Waals surface area (Å²) in [5.74, 6) is 1.96. The molecule has 1 aliphatic heterocycles. The lowest BCUT2D eigenvalue weighted by Crippen LogP contribution is -2.28. The summed E-state index contributed by atoms with van der Waals surface area (Å²) in [7, 11) is 1.67. The number of ether oxygens (including phenoxy) is 1. The van der Waals surface area contributed by atoms with E-state index in [0.717, 1.165) is 29.7 Å². The van der Waals surface area contributed by atoms with E-state index in [1.807, 2.05) is 0 Å². The van der Waals surface area contributed by atoms with Gasteiger partial charge in [0.2, 0.25) is 0 Å². The van der Waals surface area contributed by atoms with E-state index in [2.05, 4.69) is 14.8 Å². The third-order valence-corrected chi connectivity index (χ3v) is 4.04. The Hall–Kier alpha value is -0.590. The molecule has 1 atom stereocenters. The molecular weight excluding hydrogens is 236 g/mol. The van der Waals surface area contributed by atoms with E-state index in [9.17, 15) is 0 Å². The van der Waals surface area contributed by atoms with Gasteiger partial charge in [0.25, 0.3) is 0 Å². The van der Waals surface area contributed by atoms with E-state index >= 15 is 0 Å². The molecule has 96 valence electrons. The molecule has 1 aromatic rings. The number of fused-ring (bicyclic) bond motifs is 1. The summed E-state index contributed by atoms with van der Waals surface area (Å²) >= 11 is 1.68.